The summed E-state index contributed by atoms with van der Waals surface area (Å²) in [5.74, 6) is 0.963. The maximum atomic E-state index is 12.4. The Morgan fingerprint density at radius 1 is 0.933 bits per heavy atom. The zero-order chi connectivity index (χ0) is 20.9. The van der Waals surface area contributed by atoms with Gasteiger partial charge in [-0.1, -0.05) is 48.5 Å². The normalized spacial score (nSPS) is 13.5. The summed E-state index contributed by atoms with van der Waals surface area (Å²) in [5.41, 5.74) is 1.85. The van der Waals surface area contributed by atoms with Gasteiger partial charge in [0.15, 0.2) is 11.5 Å². The Labute approximate surface area is 175 Å². The van der Waals surface area contributed by atoms with Crippen LogP contribution in [0.2, 0.25) is 0 Å². The zero-order valence-electron chi connectivity index (χ0n) is 16.8. The highest BCUT2D eigenvalue weighted by atomic mass is 16.6. The number of amides is 2. The summed E-state index contributed by atoms with van der Waals surface area (Å²) >= 11 is 0. The summed E-state index contributed by atoms with van der Waals surface area (Å²) in [7, 11) is 0. The molecule has 3 aromatic rings. The SMILES string of the molecule is C[C@H](NC(=O)CNC(=O)Cc1cccc2ccccc12)c1ccc2c(c1)OCCO2. The van der Waals surface area contributed by atoms with E-state index in [0.717, 1.165) is 21.9 Å². The van der Waals surface area contributed by atoms with Gasteiger partial charge < -0.3 is 20.1 Å². The Bertz CT molecular complexity index is 1070. The van der Waals surface area contributed by atoms with E-state index in [-0.39, 0.29) is 30.8 Å². The summed E-state index contributed by atoms with van der Waals surface area (Å²) in [6.07, 6.45) is 0.229. The Morgan fingerprint density at radius 3 is 2.57 bits per heavy atom. The number of nitrogens with one attached hydrogen (secondary N) is 2. The number of benzene rings is 3. The molecule has 2 N–H and O–H groups in total. The molecule has 0 saturated heterocycles. The minimum absolute atomic E-state index is 0.0709. The molecule has 1 heterocycles. The number of carbonyl (C=O) groups excluding carboxylic acids is 2. The third kappa shape index (κ3) is 4.54. The van der Waals surface area contributed by atoms with Crippen LogP contribution in [0.25, 0.3) is 10.8 Å². The van der Waals surface area contributed by atoms with E-state index in [1.165, 1.54) is 0 Å². The number of rotatable bonds is 6. The minimum atomic E-state index is -0.247. The molecule has 0 aliphatic carbocycles. The van der Waals surface area contributed by atoms with Crippen LogP contribution in [0.1, 0.15) is 24.1 Å². The van der Waals surface area contributed by atoms with Crippen LogP contribution in [0.3, 0.4) is 0 Å². The number of hydrogen-bond donors (Lipinski definition) is 2. The molecule has 6 heteroatoms. The molecule has 4 rings (SSSR count). The summed E-state index contributed by atoms with van der Waals surface area (Å²) in [5, 5.41) is 7.75. The number of carbonyl (C=O) groups is 2. The first-order chi connectivity index (χ1) is 14.6. The predicted molar refractivity (Wildman–Crippen MR) is 115 cm³/mol. The summed E-state index contributed by atoms with van der Waals surface area (Å²) in [6.45, 7) is 2.87. The first-order valence-corrected chi connectivity index (χ1v) is 10.0. The second-order valence-electron chi connectivity index (χ2n) is 7.28. The molecule has 0 saturated carbocycles. The molecule has 0 radical (unpaired) electrons. The van der Waals surface area contributed by atoms with Crippen LogP contribution in [0.5, 0.6) is 11.5 Å². The first-order valence-electron chi connectivity index (χ1n) is 10.0. The van der Waals surface area contributed by atoms with Crippen molar-refractivity contribution in [1.29, 1.82) is 0 Å². The third-order valence-corrected chi connectivity index (χ3v) is 5.12. The summed E-state index contributed by atoms with van der Waals surface area (Å²) < 4.78 is 11.1. The van der Waals surface area contributed by atoms with Gasteiger partial charge in [0, 0.05) is 0 Å². The van der Waals surface area contributed by atoms with Crippen molar-refractivity contribution in [2.24, 2.45) is 0 Å². The lowest BCUT2D eigenvalue weighted by Crippen LogP contribution is -2.38. The van der Waals surface area contributed by atoms with Gasteiger partial charge in [0.25, 0.3) is 0 Å². The van der Waals surface area contributed by atoms with Crippen LogP contribution in [-0.2, 0) is 16.0 Å². The molecule has 154 valence electrons. The quantitative estimate of drug-likeness (QED) is 0.662. The van der Waals surface area contributed by atoms with Crippen LogP contribution in [0.15, 0.2) is 60.7 Å². The molecule has 0 unspecified atom stereocenters. The molecule has 1 aliphatic heterocycles. The molecule has 0 spiro atoms. The van der Waals surface area contributed by atoms with Gasteiger partial charge in [-0.25, -0.2) is 0 Å². The van der Waals surface area contributed by atoms with Crippen LogP contribution in [0.4, 0.5) is 0 Å². The zero-order valence-corrected chi connectivity index (χ0v) is 16.8. The highest BCUT2D eigenvalue weighted by Crippen LogP contribution is 2.32. The molecule has 3 aromatic carbocycles. The topological polar surface area (TPSA) is 76.7 Å². The number of hydrogen-bond acceptors (Lipinski definition) is 4. The van der Waals surface area contributed by atoms with Crippen molar-refractivity contribution < 1.29 is 19.1 Å². The van der Waals surface area contributed by atoms with E-state index < -0.39 is 0 Å². The van der Waals surface area contributed by atoms with Crippen LogP contribution < -0.4 is 20.1 Å². The smallest absolute Gasteiger partial charge is 0.239 e. The second-order valence-corrected chi connectivity index (χ2v) is 7.28. The molecule has 6 nitrogen and oxygen atoms in total. The van der Waals surface area contributed by atoms with Gasteiger partial charge in [0.2, 0.25) is 11.8 Å². The van der Waals surface area contributed by atoms with E-state index >= 15 is 0 Å². The van der Waals surface area contributed by atoms with E-state index in [2.05, 4.69) is 10.6 Å². The van der Waals surface area contributed by atoms with Gasteiger partial charge in [-0.05, 0) is 41.0 Å². The number of ether oxygens (including phenoxy) is 2. The predicted octanol–water partition coefficient (Wildman–Crippen LogP) is 3.15. The van der Waals surface area contributed by atoms with Gasteiger partial charge in [-0.2, -0.15) is 0 Å². The van der Waals surface area contributed by atoms with E-state index in [4.69, 9.17) is 9.47 Å². The largest absolute Gasteiger partial charge is 0.486 e. The summed E-state index contributed by atoms with van der Waals surface area (Å²) in [4.78, 5) is 24.7. The van der Waals surface area contributed by atoms with Gasteiger partial charge in [-0.15, -0.1) is 0 Å². The van der Waals surface area contributed by atoms with Crippen molar-refractivity contribution in [1.82, 2.24) is 10.6 Å². The van der Waals surface area contributed by atoms with Gasteiger partial charge in [-0.3, -0.25) is 9.59 Å². The lowest BCUT2D eigenvalue weighted by atomic mass is 10.0. The molecule has 2 amide bonds. The molecular formula is C24H24N2O4. The van der Waals surface area contributed by atoms with Crippen molar-refractivity contribution >= 4 is 22.6 Å². The fraction of sp³-hybridized carbons (Fsp3) is 0.250. The maximum absolute atomic E-state index is 12.4. The van der Waals surface area contributed by atoms with Crippen LogP contribution in [-0.4, -0.2) is 31.6 Å². The monoisotopic (exact) mass is 404 g/mol. The fourth-order valence-electron chi connectivity index (χ4n) is 3.57. The minimum Gasteiger partial charge on any atom is -0.486 e. The fourth-order valence-corrected chi connectivity index (χ4v) is 3.57. The molecular weight excluding hydrogens is 380 g/mol. The average molecular weight is 404 g/mol. The third-order valence-electron chi connectivity index (χ3n) is 5.12. The van der Waals surface area contributed by atoms with Gasteiger partial charge >= 0.3 is 0 Å². The van der Waals surface area contributed by atoms with E-state index in [1.807, 2.05) is 67.6 Å². The van der Waals surface area contributed by atoms with E-state index in [1.54, 1.807) is 0 Å². The van der Waals surface area contributed by atoms with E-state index in [9.17, 15) is 9.59 Å². The average Bonchev–Trinajstić information content (AvgIpc) is 2.77. The molecule has 0 aromatic heterocycles. The molecule has 0 fully saturated rings. The van der Waals surface area contributed by atoms with Crippen molar-refractivity contribution in [3.63, 3.8) is 0 Å². The lowest BCUT2D eigenvalue weighted by Gasteiger charge is -2.21. The Balaban J connectivity index is 1.30. The Morgan fingerprint density at radius 2 is 1.70 bits per heavy atom. The standard InChI is InChI=1S/C24H24N2O4/c1-16(18-9-10-21-22(13-18)30-12-11-29-21)26-24(28)15-25-23(27)14-19-7-4-6-17-5-2-3-8-20(17)19/h2-10,13,16H,11-12,14-15H2,1H3,(H,25,27)(H,26,28)/t16-/m0/s1. The lowest BCUT2D eigenvalue weighted by molar-refractivity contribution is -0.126. The van der Waals surface area contributed by atoms with Crippen LogP contribution >= 0.6 is 0 Å². The van der Waals surface area contributed by atoms with Crippen molar-refractivity contribution in [3.8, 4) is 11.5 Å². The molecule has 30 heavy (non-hydrogen) atoms. The number of fused-ring (bicyclic) bond motifs is 2. The summed E-state index contributed by atoms with van der Waals surface area (Å²) in [6, 6.07) is 19.2. The van der Waals surface area contributed by atoms with Crippen molar-refractivity contribution in [2.75, 3.05) is 19.8 Å². The van der Waals surface area contributed by atoms with Gasteiger partial charge in [0.1, 0.15) is 13.2 Å². The van der Waals surface area contributed by atoms with E-state index in [0.29, 0.717) is 24.7 Å². The first kappa shape index (κ1) is 19.8. The molecule has 0 bridgehead atoms. The highest BCUT2D eigenvalue weighted by molar-refractivity contribution is 5.91. The highest BCUT2D eigenvalue weighted by Gasteiger charge is 2.16. The maximum Gasteiger partial charge on any atom is 0.239 e. The second kappa shape index (κ2) is 8.86. The molecule has 1 aliphatic rings. The van der Waals surface area contributed by atoms with Crippen LogP contribution in [0, 0.1) is 0 Å². The molecule has 1 atom stereocenters. The Hall–Kier alpha value is -3.54. The van der Waals surface area contributed by atoms with Gasteiger partial charge in [0.05, 0.1) is 19.0 Å². The Kier molecular flexibility index (Phi) is 5.84. The van der Waals surface area contributed by atoms with Crippen molar-refractivity contribution in [3.05, 3.63) is 71.8 Å². The van der Waals surface area contributed by atoms with Crippen molar-refractivity contribution in [2.45, 2.75) is 19.4 Å².